The summed E-state index contributed by atoms with van der Waals surface area (Å²) >= 11 is 0. The predicted molar refractivity (Wildman–Crippen MR) is 66.2 cm³/mol. The quantitative estimate of drug-likeness (QED) is 0.928. The maximum absolute atomic E-state index is 12.7. The molecule has 5 nitrogen and oxygen atoms in total. The lowest BCUT2D eigenvalue weighted by atomic mass is 10.3. The molecule has 2 rings (SSSR count). The van der Waals surface area contributed by atoms with Crippen LogP contribution in [0.1, 0.15) is 5.69 Å². The second-order valence-electron chi connectivity index (χ2n) is 3.57. The standard InChI is InChI=1S/C12H8FN3O2S/c13-9-3-5-10(6-4-9)16-19(17,18)12-2-1-7-15-11(12)8-14/h1-7,16H. The topological polar surface area (TPSA) is 82.8 Å². The van der Waals surface area contributed by atoms with E-state index in [4.69, 9.17) is 5.26 Å². The van der Waals surface area contributed by atoms with Crippen molar-refractivity contribution in [1.29, 1.82) is 5.26 Å². The van der Waals surface area contributed by atoms with Gasteiger partial charge in [-0.3, -0.25) is 4.72 Å². The Morgan fingerprint density at radius 3 is 2.53 bits per heavy atom. The van der Waals surface area contributed by atoms with Gasteiger partial charge in [-0.1, -0.05) is 0 Å². The first-order valence-electron chi connectivity index (χ1n) is 5.16. The molecule has 0 atom stereocenters. The Bertz CT molecular complexity index is 736. The molecule has 1 aromatic heterocycles. The highest BCUT2D eigenvalue weighted by molar-refractivity contribution is 7.92. The van der Waals surface area contributed by atoms with Gasteiger partial charge in [0.05, 0.1) is 0 Å². The van der Waals surface area contributed by atoms with E-state index in [1.54, 1.807) is 6.07 Å². The van der Waals surface area contributed by atoms with Gasteiger partial charge in [0.2, 0.25) is 0 Å². The molecule has 1 aromatic carbocycles. The maximum atomic E-state index is 12.7. The fraction of sp³-hybridized carbons (Fsp3) is 0. The largest absolute Gasteiger partial charge is 0.280 e. The molecule has 0 saturated carbocycles. The number of benzene rings is 1. The third-order valence-corrected chi connectivity index (χ3v) is 3.68. The average Bonchev–Trinajstić information content (AvgIpc) is 2.41. The van der Waals surface area contributed by atoms with E-state index in [0.29, 0.717) is 0 Å². The minimum absolute atomic E-state index is 0.197. The van der Waals surface area contributed by atoms with Gasteiger partial charge in [0.25, 0.3) is 10.0 Å². The summed E-state index contributed by atoms with van der Waals surface area (Å²) in [6.45, 7) is 0. The van der Waals surface area contributed by atoms with Crippen molar-refractivity contribution in [3.63, 3.8) is 0 Å². The third kappa shape index (κ3) is 2.86. The number of hydrogen-bond donors (Lipinski definition) is 1. The molecule has 0 amide bonds. The van der Waals surface area contributed by atoms with Gasteiger partial charge in [-0.05, 0) is 36.4 Å². The number of halogens is 1. The van der Waals surface area contributed by atoms with Crippen LogP contribution in [0.3, 0.4) is 0 Å². The summed E-state index contributed by atoms with van der Waals surface area (Å²) < 4.78 is 39.1. The van der Waals surface area contributed by atoms with Gasteiger partial charge in [0.15, 0.2) is 5.69 Å². The molecule has 0 bridgehead atoms. The Morgan fingerprint density at radius 2 is 1.89 bits per heavy atom. The third-order valence-electron chi connectivity index (χ3n) is 2.26. The molecule has 0 aliphatic rings. The SMILES string of the molecule is N#Cc1ncccc1S(=O)(=O)Nc1ccc(F)cc1. The molecule has 19 heavy (non-hydrogen) atoms. The molecule has 0 radical (unpaired) electrons. The van der Waals surface area contributed by atoms with Gasteiger partial charge in [0, 0.05) is 11.9 Å². The molecule has 0 spiro atoms. The van der Waals surface area contributed by atoms with Crippen LogP contribution in [0.25, 0.3) is 0 Å². The van der Waals surface area contributed by atoms with Crippen LogP contribution in [0.4, 0.5) is 10.1 Å². The molecule has 0 saturated heterocycles. The second kappa shape index (κ2) is 5.04. The number of sulfonamides is 1. The number of aromatic nitrogens is 1. The van der Waals surface area contributed by atoms with Crippen molar-refractivity contribution in [3.8, 4) is 6.07 Å². The molecular weight excluding hydrogens is 269 g/mol. The van der Waals surface area contributed by atoms with Gasteiger partial charge in [-0.2, -0.15) is 5.26 Å². The molecule has 1 heterocycles. The zero-order chi connectivity index (χ0) is 13.9. The Hall–Kier alpha value is -2.46. The van der Waals surface area contributed by atoms with Gasteiger partial charge in [-0.25, -0.2) is 17.8 Å². The van der Waals surface area contributed by atoms with Gasteiger partial charge in [0.1, 0.15) is 16.8 Å². The summed E-state index contributed by atoms with van der Waals surface area (Å²) in [6, 6.07) is 9.23. The van der Waals surface area contributed by atoms with Crippen LogP contribution in [0.15, 0.2) is 47.5 Å². The monoisotopic (exact) mass is 277 g/mol. The average molecular weight is 277 g/mol. The maximum Gasteiger partial charge on any atom is 0.264 e. The zero-order valence-corrected chi connectivity index (χ0v) is 10.4. The van der Waals surface area contributed by atoms with Gasteiger partial charge < -0.3 is 0 Å². The first-order valence-corrected chi connectivity index (χ1v) is 6.65. The number of nitrogens with one attached hydrogen (secondary N) is 1. The van der Waals surface area contributed by atoms with E-state index in [-0.39, 0.29) is 16.3 Å². The number of rotatable bonds is 3. The normalized spacial score (nSPS) is 10.7. The molecule has 96 valence electrons. The second-order valence-corrected chi connectivity index (χ2v) is 5.23. The first kappa shape index (κ1) is 13.0. The van der Waals surface area contributed by atoms with Crippen LogP contribution in [0.2, 0.25) is 0 Å². The number of hydrogen-bond acceptors (Lipinski definition) is 4. The molecule has 0 aliphatic carbocycles. The smallest absolute Gasteiger partial charge is 0.264 e. The van der Waals surface area contributed by atoms with Crippen molar-refractivity contribution in [3.05, 3.63) is 54.1 Å². The molecule has 0 fully saturated rings. The molecule has 0 unspecified atom stereocenters. The first-order chi connectivity index (χ1) is 9.03. The van der Waals surface area contributed by atoms with E-state index < -0.39 is 15.8 Å². The van der Waals surface area contributed by atoms with Crippen LogP contribution in [-0.2, 0) is 10.0 Å². The van der Waals surface area contributed by atoms with Gasteiger partial charge >= 0.3 is 0 Å². The van der Waals surface area contributed by atoms with E-state index >= 15 is 0 Å². The van der Waals surface area contributed by atoms with Crippen molar-refractivity contribution >= 4 is 15.7 Å². The molecule has 0 aliphatic heterocycles. The summed E-state index contributed by atoms with van der Waals surface area (Å²) in [4.78, 5) is 3.46. The fourth-order valence-corrected chi connectivity index (χ4v) is 2.59. The van der Waals surface area contributed by atoms with Crippen LogP contribution in [-0.4, -0.2) is 13.4 Å². The number of anilines is 1. The lowest BCUT2D eigenvalue weighted by molar-refractivity contribution is 0.600. The molecule has 1 N–H and O–H groups in total. The Labute approximate surface area is 109 Å². The van der Waals surface area contributed by atoms with Crippen molar-refractivity contribution in [2.75, 3.05) is 4.72 Å². The van der Waals surface area contributed by atoms with E-state index in [9.17, 15) is 12.8 Å². The van der Waals surface area contributed by atoms with Crippen molar-refractivity contribution in [2.24, 2.45) is 0 Å². The summed E-state index contributed by atoms with van der Waals surface area (Å²) in [6.07, 6.45) is 1.33. The zero-order valence-electron chi connectivity index (χ0n) is 9.54. The highest BCUT2D eigenvalue weighted by atomic mass is 32.2. The number of nitrogens with zero attached hydrogens (tertiary/aromatic N) is 2. The number of pyridine rings is 1. The van der Waals surface area contributed by atoms with Crippen molar-refractivity contribution in [2.45, 2.75) is 4.90 Å². The van der Waals surface area contributed by atoms with Crippen LogP contribution in [0.5, 0.6) is 0 Å². The van der Waals surface area contributed by atoms with Crippen LogP contribution < -0.4 is 4.72 Å². The molecule has 7 heteroatoms. The fourth-order valence-electron chi connectivity index (χ4n) is 1.42. The highest BCUT2D eigenvalue weighted by Crippen LogP contribution is 2.17. The molecule has 2 aromatic rings. The minimum atomic E-state index is -3.93. The van der Waals surface area contributed by atoms with Crippen molar-refractivity contribution in [1.82, 2.24) is 4.98 Å². The predicted octanol–water partition coefficient (Wildman–Crippen LogP) is 1.89. The summed E-state index contributed by atoms with van der Waals surface area (Å²) in [5, 5.41) is 8.83. The van der Waals surface area contributed by atoms with E-state index in [1.807, 2.05) is 0 Å². The Balaban J connectivity index is 2.38. The van der Waals surface area contributed by atoms with E-state index in [0.717, 1.165) is 12.1 Å². The van der Waals surface area contributed by atoms with Gasteiger partial charge in [-0.15, -0.1) is 0 Å². The van der Waals surface area contributed by atoms with Crippen molar-refractivity contribution < 1.29 is 12.8 Å². The van der Waals surface area contributed by atoms with Crippen LogP contribution in [0, 0.1) is 17.1 Å². The lowest BCUT2D eigenvalue weighted by Crippen LogP contribution is -2.14. The summed E-state index contributed by atoms with van der Waals surface area (Å²) in [7, 11) is -3.93. The number of nitriles is 1. The van der Waals surface area contributed by atoms with E-state index in [2.05, 4.69) is 9.71 Å². The highest BCUT2D eigenvalue weighted by Gasteiger charge is 2.19. The summed E-state index contributed by atoms with van der Waals surface area (Å²) in [5.41, 5.74) is 0.00579. The van der Waals surface area contributed by atoms with Crippen LogP contribution >= 0.6 is 0 Å². The molecular formula is C12H8FN3O2S. The van der Waals surface area contributed by atoms with E-state index in [1.165, 1.54) is 30.5 Å². The lowest BCUT2D eigenvalue weighted by Gasteiger charge is -2.08. The minimum Gasteiger partial charge on any atom is -0.280 e. The Kier molecular flexibility index (Phi) is 3.44. The summed E-state index contributed by atoms with van der Waals surface area (Å²) in [5.74, 6) is -0.470. The Morgan fingerprint density at radius 1 is 1.21 bits per heavy atom.